The molecule has 7 heteroatoms. The molecule has 1 heterocycles. The first-order valence-electron chi connectivity index (χ1n) is 9.69. The van der Waals surface area contributed by atoms with Gasteiger partial charge in [0.05, 0.1) is 12.2 Å². The van der Waals surface area contributed by atoms with E-state index in [9.17, 15) is 14.0 Å². The quantitative estimate of drug-likeness (QED) is 0.358. The van der Waals surface area contributed by atoms with Gasteiger partial charge in [-0.25, -0.2) is 4.39 Å². The third-order valence-corrected chi connectivity index (χ3v) is 4.54. The Kier molecular flexibility index (Phi) is 9.97. The van der Waals surface area contributed by atoms with Crippen LogP contribution in [0, 0.1) is 5.82 Å². The number of ether oxygens (including phenoxy) is 1. The van der Waals surface area contributed by atoms with E-state index < -0.39 is 0 Å². The lowest BCUT2D eigenvalue weighted by atomic mass is 10.2. The average molecular weight is 379 g/mol. The largest absolute Gasteiger partial charge is 0.372 e. The fourth-order valence-corrected chi connectivity index (χ4v) is 3.02. The number of rotatable bonds is 13. The van der Waals surface area contributed by atoms with Crippen molar-refractivity contribution in [1.82, 2.24) is 16.0 Å². The van der Waals surface area contributed by atoms with Crippen LogP contribution in [0.3, 0.4) is 0 Å². The van der Waals surface area contributed by atoms with Crippen molar-refractivity contribution in [2.45, 2.75) is 50.9 Å². The number of unbranched alkanes of at least 4 members (excludes halogenated alkanes) is 1. The molecule has 2 rings (SSSR count). The molecule has 0 aromatic heterocycles. The van der Waals surface area contributed by atoms with E-state index in [1.54, 1.807) is 12.1 Å². The summed E-state index contributed by atoms with van der Waals surface area (Å²) in [6.07, 6.45) is 4.45. The van der Waals surface area contributed by atoms with Crippen LogP contribution in [0.1, 0.15) is 37.7 Å². The van der Waals surface area contributed by atoms with Gasteiger partial charge in [0.15, 0.2) is 0 Å². The van der Waals surface area contributed by atoms with Crippen molar-refractivity contribution in [1.29, 1.82) is 0 Å². The molecule has 1 aliphatic rings. The smallest absolute Gasteiger partial charge is 0.220 e. The zero-order chi connectivity index (χ0) is 19.3. The zero-order valence-corrected chi connectivity index (χ0v) is 15.7. The number of aldehydes is 1. The first-order chi connectivity index (χ1) is 13.2. The van der Waals surface area contributed by atoms with Crippen LogP contribution in [-0.4, -0.2) is 50.6 Å². The van der Waals surface area contributed by atoms with Crippen molar-refractivity contribution < 1.29 is 18.7 Å². The molecule has 0 bridgehead atoms. The third-order valence-electron chi connectivity index (χ3n) is 4.54. The van der Waals surface area contributed by atoms with E-state index in [2.05, 4.69) is 16.0 Å². The summed E-state index contributed by atoms with van der Waals surface area (Å²) < 4.78 is 18.8. The van der Waals surface area contributed by atoms with E-state index in [1.165, 1.54) is 12.1 Å². The molecule has 0 aliphatic carbocycles. The van der Waals surface area contributed by atoms with Gasteiger partial charge < -0.3 is 25.5 Å². The highest BCUT2D eigenvalue weighted by Crippen LogP contribution is 2.18. The summed E-state index contributed by atoms with van der Waals surface area (Å²) in [7, 11) is 0. The van der Waals surface area contributed by atoms with Crippen LogP contribution in [0.15, 0.2) is 24.3 Å². The number of amides is 1. The molecule has 6 nitrogen and oxygen atoms in total. The molecule has 2 unspecified atom stereocenters. The van der Waals surface area contributed by atoms with Gasteiger partial charge in [0, 0.05) is 45.6 Å². The Bertz CT molecular complexity index is 568. The third kappa shape index (κ3) is 9.08. The topological polar surface area (TPSA) is 79.5 Å². The van der Waals surface area contributed by atoms with Gasteiger partial charge in [-0.1, -0.05) is 12.1 Å². The van der Waals surface area contributed by atoms with E-state index in [0.717, 1.165) is 50.9 Å². The van der Waals surface area contributed by atoms with Crippen molar-refractivity contribution >= 4 is 12.2 Å². The van der Waals surface area contributed by atoms with Crippen molar-refractivity contribution in [2.75, 3.05) is 26.2 Å². The Morgan fingerprint density at radius 2 is 1.81 bits per heavy atom. The molecule has 1 amide bonds. The van der Waals surface area contributed by atoms with Gasteiger partial charge in [-0.3, -0.25) is 4.79 Å². The highest BCUT2D eigenvalue weighted by atomic mass is 19.1. The number of carbonyl (C=O) groups is 2. The molecule has 0 spiro atoms. The number of halogens is 1. The molecule has 3 N–H and O–H groups in total. The number of hydrogen-bond acceptors (Lipinski definition) is 5. The summed E-state index contributed by atoms with van der Waals surface area (Å²) in [4.78, 5) is 21.9. The predicted molar refractivity (Wildman–Crippen MR) is 102 cm³/mol. The Morgan fingerprint density at radius 1 is 1.11 bits per heavy atom. The number of carbonyl (C=O) groups excluding carboxylic acids is 2. The summed E-state index contributed by atoms with van der Waals surface area (Å²) in [5.74, 6) is -0.234. The van der Waals surface area contributed by atoms with Crippen molar-refractivity contribution in [3.63, 3.8) is 0 Å². The Morgan fingerprint density at radius 3 is 2.56 bits per heavy atom. The molecule has 0 saturated carbocycles. The molecule has 2 atom stereocenters. The molecule has 0 radical (unpaired) electrons. The standard InChI is InChI=1S/C20H30FN3O3/c21-17-6-4-16(5-7-17)13-22-10-11-23-14-18-8-9-19(27-18)15-24-20(26)3-1-2-12-25/h4-7,12,18-19,22-23H,1-3,8-11,13-15H2,(H,24,26). The average Bonchev–Trinajstić information content (AvgIpc) is 3.12. The maximum atomic E-state index is 12.8. The molecule has 1 saturated heterocycles. The van der Waals surface area contributed by atoms with Gasteiger partial charge >= 0.3 is 0 Å². The molecular formula is C20H30FN3O3. The molecular weight excluding hydrogens is 349 g/mol. The van der Waals surface area contributed by atoms with E-state index in [1.807, 2.05) is 0 Å². The maximum Gasteiger partial charge on any atom is 0.220 e. The fraction of sp³-hybridized carbons (Fsp3) is 0.600. The van der Waals surface area contributed by atoms with Crippen LogP contribution in [-0.2, 0) is 20.9 Å². The van der Waals surface area contributed by atoms with Crippen LogP contribution in [0.25, 0.3) is 0 Å². The second kappa shape index (κ2) is 12.5. The molecule has 1 fully saturated rings. The first kappa shape index (κ1) is 21.5. The summed E-state index contributed by atoms with van der Waals surface area (Å²) in [5, 5.41) is 9.56. The molecule has 1 aliphatic heterocycles. The van der Waals surface area contributed by atoms with Gasteiger partial charge in [0.2, 0.25) is 5.91 Å². The summed E-state index contributed by atoms with van der Waals surface area (Å²) in [5.41, 5.74) is 1.06. The first-order valence-corrected chi connectivity index (χ1v) is 9.69. The molecule has 150 valence electrons. The van der Waals surface area contributed by atoms with E-state index in [0.29, 0.717) is 25.8 Å². The monoisotopic (exact) mass is 379 g/mol. The van der Waals surface area contributed by atoms with Crippen molar-refractivity contribution in [3.8, 4) is 0 Å². The van der Waals surface area contributed by atoms with Gasteiger partial charge in [0.1, 0.15) is 12.1 Å². The van der Waals surface area contributed by atoms with Crippen LogP contribution in [0.2, 0.25) is 0 Å². The van der Waals surface area contributed by atoms with Gasteiger partial charge in [-0.2, -0.15) is 0 Å². The summed E-state index contributed by atoms with van der Waals surface area (Å²) >= 11 is 0. The highest BCUT2D eigenvalue weighted by Gasteiger charge is 2.24. The van der Waals surface area contributed by atoms with Gasteiger partial charge in [0.25, 0.3) is 0 Å². The van der Waals surface area contributed by atoms with Crippen LogP contribution < -0.4 is 16.0 Å². The number of hydrogen-bond donors (Lipinski definition) is 3. The van der Waals surface area contributed by atoms with Crippen LogP contribution in [0.4, 0.5) is 4.39 Å². The van der Waals surface area contributed by atoms with E-state index >= 15 is 0 Å². The lowest BCUT2D eigenvalue weighted by molar-refractivity contribution is -0.121. The predicted octanol–water partition coefficient (Wildman–Crippen LogP) is 1.54. The van der Waals surface area contributed by atoms with Gasteiger partial charge in [-0.15, -0.1) is 0 Å². The summed E-state index contributed by atoms with van der Waals surface area (Å²) in [6, 6.07) is 6.50. The lowest BCUT2D eigenvalue weighted by Crippen LogP contribution is -2.35. The Balaban J connectivity index is 1.46. The van der Waals surface area contributed by atoms with E-state index in [-0.39, 0.29) is 23.9 Å². The second-order valence-electron chi connectivity index (χ2n) is 6.83. The van der Waals surface area contributed by atoms with Crippen LogP contribution >= 0.6 is 0 Å². The molecule has 27 heavy (non-hydrogen) atoms. The number of nitrogens with one attached hydrogen (secondary N) is 3. The van der Waals surface area contributed by atoms with Crippen LogP contribution in [0.5, 0.6) is 0 Å². The summed E-state index contributed by atoms with van der Waals surface area (Å²) in [6.45, 7) is 3.71. The molecule has 1 aromatic rings. The molecule has 1 aromatic carbocycles. The Labute approximate surface area is 160 Å². The van der Waals surface area contributed by atoms with E-state index in [4.69, 9.17) is 4.74 Å². The second-order valence-corrected chi connectivity index (χ2v) is 6.83. The lowest BCUT2D eigenvalue weighted by Gasteiger charge is -2.15. The van der Waals surface area contributed by atoms with Crippen molar-refractivity contribution in [3.05, 3.63) is 35.6 Å². The minimum Gasteiger partial charge on any atom is -0.372 e. The zero-order valence-electron chi connectivity index (χ0n) is 15.7. The highest BCUT2D eigenvalue weighted by molar-refractivity contribution is 5.76. The minimum atomic E-state index is -0.215. The van der Waals surface area contributed by atoms with Gasteiger partial charge in [-0.05, 0) is 37.0 Å². The maximum absolute atomic E-state index is 12.8. The Hall–Kier alpha value is -1.83. The SMILES string of the molecule is O=CCCCC(=O)NCC1CCC(CNCCNCc2ccc(F)cc2)O1. The normalized spacial score (nSPS) is 19.1. The van der Waals surface area contributed by atoms with Crippen molar-refractivity contribution in [2.24, 2.45) is 0 Å². The fourth-order valence-electron chi connectivity index (χ4n) is 3.02. The number of benzene rings is 1. The minimum absolute atomic E-state index is 0.0192.